The number of aryl methyl sites for hydroxylation is 2. The van der Waals surface area contributed by atoms with Gasteiger partial charge in [0.2, 0.25) is 5.91 Å². The minimum Gasteiger partial charge on any atom is -0.361 e. The number of aromatic nitrogens is 4. The van der Waals surface area contributed by atoms with Gasteiger partial charge in [-0.05, 0) is 36.7 Å². The molecule has 0 fully saturated rings. The number of fused-ring (bicyclic) bond motifs is 1. The normalized spacial score (nSPS) is 11.0. The number of benzene rings is 1. The maximum Gasteiger partial charge on any atom is 0.220 e. The number of H-pyrrole nitrogens is 2. The maximum absolute atomic E-state index is 12.0. The van der Waals surface area contributed by atoms with Gasteiger partial charge < -0.3 is 14.9 Å². The van der Waals surface area contributed by atoms with Crippen LogP contribution in [0.3, 0.4) is 0 Å². The van der Waals surface area contributed by atoms with Crippen molar-refractivity contribution in [1.82, 2.24) is 25.1 Å². The molecule has 2 aromatic heterocycles. The highest BCUT2D eigenvalue weighted by molar-refractivity contribution is 7.71. The van der Waals surface area contributed by atoms with Crippen LogP contribution in [0.15, 0.2) is 24.4 Å². The van der Waals surface area contributed by atoms with Crippen LogP contribution in [0.4, 0.5) is 0 Å². The van der Waals surface area contributed by atoms with E-state index < -0.39 is 0 Å². The predicted octanol–water partition coefficient (Wildman–Crippen LogP) is 2.52. The zero-order valence-electron chi connectivity index (χ0n) is 13.1. The third kappa shape index (κ3) is 3.19. The molecule has 0 saturated carbocycles. The molecule has 1 aromatic carbocycles. The lowest BCUT2D eigenvalue weighted by Gasteiger charge is -2.04. The average Bonchev–Trinajstić information content (AvgIpc) is 3.09. The van der Waals surface area contributed by atoms with E-state index >= 15 is 0 Å². The van der Waals surface area contributed by atoms with Gasteiger partial charge in [-0.3, -0.25) is 9.89 Å². The van der Waals surface area contributed by atoms with Crippen LogP contribution in [0.25, 0.3) is 10.9 Å². The second-order valence-electron chi connectivity index (χ2n) is 5.59. The lowest BCUT2D eigenvalue weighted by Crippen LogP contribution is -2.24. The lowest BCUT2D eigenvalue weighted by atomic mass is 10.1. The van der Waals surface area contributed by atoms with Crippen molar-refractivity contribution in [3.05, 3.63) is 46.1 Å². The number of para-hydroxylation sites is 1. The highest BCUT2D eigenvalue weighted by atomic mass is 32.1. The number of aromatic amines is 2. The van der Waals surface area contributed by atoms with E-state index in [1.165, 1.54) is 10.9 Å². The molecule has 3 rings (SSSR count). The fourth-order valence-corrected chi connectivity index (χ4v) is 2.77. The molecular formula is C16H19N5OS. The second kappa shape index (κ2) is 6.37. The van der Waals surface area contributed by atoms with Crippen LogP contribution in [0.5, 0.6) is 0 Å². The number of nitrogens with zero attached hydrogens (tertiary/aromatic N) is 2. The van der Waals surface area contributed by atoms with Crippen LogP contribution >= 0.6 is 12.2 Å². The summed E-state index contributed by atoms with van der Waals surface area (Å²) in [7, 11) is 1.82. The summed E-state index contributed by atoms with van der Waals surface area (Å²) in [6.45, 7) is 2.45. The summed E-state index contributed by atoms with van der Waals surface area (Å²) in [6.07, 6.45) is 3.13. The van der Waals surface area contributed by atoms with E-state index in [4.69, 9.17) is 12.2 Å². The van der Waals surface area contributed by atoms with Gasteiger partial charge in [0.1, 0.15) is 0 Å². The van der Waals surface area contributed by atoms with E-state index in [9.17, 15) is 4.79 Å². The van der Waals surface area contributed by atoms with E-state index in [2.05, 4.69) is 39.6 Å². The number of carbonyl (C=O) groups excluding carboxylic acids is 1. The number of rotatable bonds is 5. The Hall–Kier alpha value is -2.41. The first-order chi connectivity index (χ1) is 11.1. The molecule has 0 spiro atoms. The molecule has 0 radical (unpaired) electrons. The molecule has 0 saturated heterocycles. The molecule has 3 N–H and O–H groups in total. The first kappa shape index (κ1) is 15.5. The Kier molecular flexibility index (Phi) is 4.29. The summed E-state index contributed by atoms with van der Waals surface area (Å²) >= 11 is 5.04. The van der Waals surface area contributed by atoms with Crippen molar-refractivity contribution < 1.29 is 4.79 Å². The Morgan fingerprint density at radius 3 is 3.00 bits per heavy atom. The Balaban J connectivity index is 1.59. The minimum atomic E-state index is 0.000853. The quantitative estimate of drug-likeness (QED) is 0.629. The Bertz CT molecular complexity index is 905. The average molecular weight is 329 g/mol. The molecule has 0 bridgehead atoms. The van der Waals surface area contributed by atoms with Gasteiger partial charge in [-0.2, -0.15) is 5.10 Å². The number of nitrogens with one attached hydrogen (secondary N) is 3. The van der Waals surface area contributed by atoms with E-state index in [0.717, 1.165) is 11.1 Å². The largest absolute Gasteiger partial charge is 0.361 e. The first-order valence-electron chi connectivity index (χ1n) is 7.49. The van der Waals surface area contributed by atoms with Gasteiger partial charge in [0, 0.05) is 30.6 Å². The van der Waals surface area contributed by atoms with Crippen LogP contribution in [-0.4, -0.2) is 25.7 Å². The fraction of sp³-hybridized carbons (Fsp3) is 0.312. The summed E-state index contributed by atoms with van der Waals surface area (Å²) in [6, 6.07) is 6.20. The molecule has 0 aliphatic rings. The number of amides is 1. The van der Waals surface area contributed by atoms with Crippen LogP contribution < -0.4 is 5.32 Å². The van der Waals surface area contributed by atoms with Crippen LogP contribution in [0.1, 0.15) is 23.4 Å². The second-order valence-corrected chi connectivity index (χ2v) is 5.98. The van der Waals surface area contributed by atoms with E-state index in [1.807, 2.05) is 19.3 Å². The maximum atomic E-state index is 12.0. The Labute approximate surface area is 138 Å². The fourth-order valence-electron chi connectivity index (χ4n) is 2.62. The molecule has 7 heteroatoms. The van der Waals surface area contributed by atoms with Crippen molar-refractivity contribution in [2.24, 2.45) is 7.05 Å². The van der Waals surface area contributed by atoms with E-state index in [1.54, 1.807) is 4.57 Å². The van der Waals surface area contributed by atoms with Gasteiger partial charge in [0.25, 0.3) is 0 Å². The number of carbonyl (C=O) groups is 1. The van der Waals surface area contributed by atoms with Crippen LogP contribution in [0.2, 0.25) is 0 Å². The smallest absolute Gasteiger partial charge is 0.220 e. The third-order valence-corrected chi connectivity index (χ3v) is 4.41. The molecule has 3 aromatic rings. The molecule has 23 heavy (non-hydrogen) atoms. The first-order valence-corrected chi connectivity index (χ1v) is 7.89. The van der Waals surface area contributed by atoms with Crippen molar-refractivity contribution in [1.29, 1.82) is 0 Å². The van der Waals surface area contributed by atoms with E-state index in [0.29, 0.717) is 30.0 Å². The van der Waals surface area contributed by atoms with Gasteiger partial charge in [0.05, 0.1) is 6.54 Å². The highest BCUT2D eigenvalue weighted by Gasteiger charge is 2.09. The zero-order chi connectivity index (χ0) is 16.4. The minimum absolute atomic E-state index is 0.000853. The molecule has 0 unspecified atom stereocenters. The molecular weight excluding hydrogens is 310 g/mol. The summed E-state index contributed by atoms with van der Waals surface area (Å²) in [5.74, 6) is 0.715. The molecule has 120 valence electrons. The number of hydrogen-bond donors (Lipinski definition) is 3. The molecule has 6 nitrogen and oxygen atoms in total. The molecule has 0 aliphatic carbocycles. The highest BCUT2D eigenvalue weighted by Crippen LogP contribution is 2.22. The monoisotopic (exact) mass is 329 g/mol. The van der Waals surface area contributed by atoms with Crippen molar-refractivity contribution in [2.75, 3.05) is 0 Å². The molecule has 0 atom stereocenters. The summed E-state index contributed by atoms with van der Waals surface area (Å²) in [5, 5.41) is 10.8. The number of hydrogen-bond acceptors (Lipinski definition) is 3. The van der Waals surface area contributed by atoms with Crippen molar-refractivity contribution in [3.63, 3.8) is 0 Å². The molecule has 1 amide bonds. The van der Waals surface area contributed by atoms with Gasteiger partial charge in [-0.25, -0.2) is 0 Å². The summed E-state index contributed by atoms with van der Waals surface area (Å²) in [4.78, 5) is 15.3. The SMILES string of the molecule is Cc1cccc2c(CCC(=O)NCc3n[nH]c(=S)n3C)c[nH]c12. The third-order valence-electron chi connectivity index (χ3n) is 4.05. The van der Waals surface area contributed by atoms with Crippen molar-refractivity contribution in [2.45, 2.75) is 26.3 Å². The van der Waals surface area contributed by atoms with Crippen LogP contribution in [0, 0.1) is 11.7 Å². The summed E-state index contributed by atoms with van der Waals surface area (Å²) in [5.41, 5.74) is 3.52. The van der Waals surface area contributed by atoms with Crippen molar-refractivity contribution >= 4 is 29.0 Å². The topological polar surface area (TPSA) is 78.5 Å². The molecule has 0 aliphatic heterocycles. The van der Waals surface area contributed by atoms with E-state index in [-0.39, 0.29) is 5.91 Å². The molecule has 2 heterocycles. The Morgan fingerprint density at radius 1 is 1.43 bits per heavy atom. The van der Waals surface area contributed by atoms with Gasteiger partial charge in [-0.15, -0.1) is 0 Å². The van der Waals surface area contributed by atoms with Crippen LogP contribution in [-0.2, 0) is 24.8 Å². The van der Waals surface area contributed by atoms with Gasteiger partial charge in [0.15, 0.2) is 10.6 Å². The standard InChI is InChI=1S/C16H19N5OS/c1-10-4-3-5-12-11(8-18-15(10)12)6-7-14(22)17-9-13-19-20-16(23)21(13)2/h3-5,8,18H,6-7,9H2,1-2H3,(H,17,22)(H,20,23). The zero-order valence-corrected chi connectivity index (χ0v) is 14.0. The van der Waals surface area contributed by atoms with Gasteiger partial charge in [-0.1, -0.05) is 18.2 Å². The van der Waals surface area contributed by atoms with Crippen molar-refractivity contribution in [3.8, 4) is 0 Å². The summed E-state index contributed by atoms with van der Waals surface area (Å²) < 4.78 is 2.29. The van der Waals surface area contributed by atoms with Gasteiger partial charge >= 0.3 is 0 Å². The lowest BCUT2D eigenvalue weighted by molar-refractivity contribution is -0.121. The predicted molar refractivity (Wildman–Crippen MR) is 91.6 cm³/mol. The Morgan fingerprint density at radius 2 is 2.26 bits per heavy atom.